The molecule has 566 valence electrons. The van der Waals surface area contributed by atoms with Crippen molar-refractivity contribution in [3.63, 3.8) is 0 Å². The third kappa shape index (κ3) is 22.7. The highest BCUT2D eigenvalue weighted by molar-refractivity contribution is 9.09. The second-order valence-corrected chi connectivity index (χ2v) is 35.3. The van der Waals surface area contributed by atoms with E-state index in [-0.39, 0.29) is 55.3 Å². The number of benzene rings is 10. The Morgan fingerprint density at radius 3 is 0.642 bits per heavy atom. The molecule has 0 fully saturated rings. The Kier molecular flexibility index (Phi) is 30.1. The smallest absolute Gasteiger partial charge is 0.137 e. The van der Waals surface area contributed by atoms with Crippen molar-refractivity contribution >= 4 is 79.6 Å². The van der Waals surface area contributed by atoms with Gasteiger partial charge in [0.2, 0.25) is 0 Å². The molecule has 15 heteroatoms. The van der Waals surface area contributed by atoms with E-state index in [0.29, 0.717) is 67.2 Å². The lowest BCUT2D eigenvalue weighted by Gasteiger charge is -2.22. The van der Waals surface area contributed by atoms with Crippen LogP contribution in [0.25, 0.3) is 55.6 Å². The lowest BCUT2D eigenvalue weighted by molar-refractivity contribution is 0.469. The molecule has 0 aromatic heterocycles. The summed E-state index contributed by atoms with van der Waals surface area (Å²) in [7, 11) is 0. The van der Waals surface area contributed by atoms with Gasteiger partial charge in [0.25, 0.3) is 0 Å². The number of phenols is 5. The molecule has 0 atom stereocenters. The largest absolute Gasteiger partial charge is 0.507 e. The van der Waals surface area contributed by atoms with Gasteiger partial charge in [-0.05, 0) is 156 Å². The summed E-state index contributed by atoms with van der Waals surface area (Å²) in [6.45, 7) is 44.2. The molecule has 10 aromatic rings. The summed E-state index contributed by atoms with van der Waals surface area (Å²) in [5.41, 5.74) is 22.0. The van der Waals surface area contributed by atoms with Gasteiger partial charge in [-0.3, -0.25) is 0 Å². The first-order valence-electron chi connectivity index (χ1n) is 35.0. The van der Waals surface area contributed by atoms with Crippen LogP contribution in [0.1, 0.15) is 193 Å². The summed E-state index contributed by atoms with van der Waals surface area (Å²) in [6.07, 6.45) is 0. The van der Waals surface area contributed by atoms with Gasteiger partial charge in [0.1, 0.15) is 57.8 Å². The fourth-order valence-electron chi connectivity index (χ4n) is 12.1. The zero-order valence-corrected chi connectivity index (χ0v) is 72.8. The van der Waals surface area contributed by atoms with Gasteiger partial charge in [-0.1, -0.05) is 308 Å². The third-order valence-electron chi connectivity index (χ3n) is 18.1. The van der Waals surface area contributed by atoms with Gasteiger partial charge >= 0.3 is 0 Å². The van der Waals surface area contributed by atoms with E-state index in [4.69, 9.17) is 0 Å². The molecule has 0 saturated heterocycles. The third-order valence-corrected chi connectivity index (χ3v) is 21.1. The predicted octanol–water partition coefficient (Wildman–Crippen LogP) is 28.8. The summed E-state index contributed by atoms with van der Waals surface area (Å²) >= 11 is 17.0. The number of rotatable bonds is 10. The molecular formula is C91H102Br5F5O5. The van der Waals surface area contributed by atoms with Crippen molar-refractivity contribution in [1.82, 2.24) is 0 Å². The van der Waals surface area contributed by atoms with Crippen LogP contribution in [0, 0.1) is 70.6 Å². The minimum absolute atomic E-state index is 0.0249. The quantitative estimate of drug-likeness (QED) is 0.0694. The highest BCUT2D eigenvalue weighted by Crippen LogP contribution is 2.46. The molecule has 0 spiro atoms. The number of aromatic hydroxyl groups is 5. The van der Waals surface area contributed by atoms with Crippen LogP contribution in [-0.4, -0.2) is 25.5 Å². The SMILES string of the molecule is CC(C)(C)c1cc(CBr)c(O)c(-c2c(F)cc(F)cc2F)c1.CC(C)(C)c1cc(CBr)c(O)c(-c2c(F)cccc2F)c1.Cc1cc(C)cc(-c2cc(C(C)(C)C)cc(CBr)c2O)c1.Cc1cc(C)cc(-c2cc(C(C)(C)C)cc(CBr)c2O)c1.Cc1cc(C)cc(-c2cc(C(C)(C)C)cc(CBr)c2O)c1. The Labute approximate surface area is 668 Å². The van der Waals surface area contributed by atoms with E-state index in [0.717, 1.165) is 61.2 Å². The van der Waals surface area contributed by atoms with Crippen LogP contribution in [0.15, 0.2) is 146 Å². The van der Waals surface area contributed by atoms with Crippen molar-refractivity contribution < 1.29 is 47.5 Å². The highest BCUT2D eigenvalue weighted by Gasteiger charge is 2.27. The predicted molar refractivity (Wildman–Crippen MR) is 453 cm³/mol. The zero-order chi connectivity index (χ0) is 79.8. The lowest BCUT2D eigenvalue weighted by atomic mass is 9.83. The Hall–Kier alpha value is -6.75. The molecule has 5 nitrogen and oxygen atoms in total. The Balaban J connectivity index is 0.000000208. The summed E-state index contributed by atoms with van der Waals surface area (Å²) in [5.74, 6) is -3.61. The van der Waals surface area contributed by atoms with Crippen molar-refractivity contribution in [2.75, 3.05) is 0 Å². The minimum Gasteiger partial charge on any atom is -0.507 e. The molecule has 0 saturated carbocycles. The maximum absolute atomic E-state index is 14.0. The summed E-state index contributed by atoms with van der Waals surface area (Å²) in [5, 5.41) is 55.1. The average Bonchev–Trinajstić information content (AvgIpc) is 0.797. The number of alkyl halides is 5. The number of halogens is 10. The van der Waals surface area contributed by atoms with Crippen LogP contribution < -0.4 is 0 Å². The number of phenolic OH excluding ortho intramolecular Hbond substituents is 5. The van der Waals surface area contributed by atoms with Gasteiger partial charge in [0, 0.05) is 94.4 Å². The Morgan fingerprint density at radius 1 is 0.255 bits per heavy atom. The summed E-state index contributed by atoms with van der Waals surface area (Å²) in [4.78, 5) is 0. The number of hydrogen-bond donors (Lipinski definition) is 5. The van der Waals surface area contributed by atoms with Crippen molar-refractivity contribution in [2.45, 2.75) is 199 Å². The molecule has 0 aliphatic rings. The molecule has 0 radical (unpaired) electrons. The van der Waals surface area contributed by atoms with Crippen LogP contribution in [0.5, 0.6) is 28.7 Å². The fraction of sp³-hybridized carbons (Fsp3) is 0.341. The van der Waals surface area contributed by atoms with Crippen LogP contribution in [0.3, 0.4) is 0 Å². The van der Waals surface area contributed by atoms with E-state index in [2.05, 4.69) is 275 Å². The second kappa shape index (κ2) is 36.2. The molecule has 0 aliphatic heterocycles. The second-order valence-electron chi connectivity index (χ2n) is 32.5. The molecule has 0 unspecified atom stereocenters. The molecule has 0 heterocycles. The first-order valence-corrected chi connectivity index (χ1v) is 40.6. The summed E-state index contributed by atoms with van der Waals surface area (Å²) < 4.78 is 69.2. The topological polar surface area (TPSA) is 101 Å². The molecule has 0 amide bonds. The van der Waals surface area contributed by atoms with Crippen molar-refractivity contribution in [3.8, 4) is 84.4 Å². The lowest BCUT2D eigenvalue weighted by Crippen LogP contribution is -2.12. The van der Waals surface area contributed by atoms with Gasteiger partial charge < -0.3 is 25.5 Å². The van der Waals surface area contributed by atoms with E-state index in [1.54, 1.807) is 18.2 Å². The average molecular weight is 1770 g/mol. The Bertz CT molecular complexity index is 4410. The van der Waals surface area contributed by atoms with Crippen molar-refractivity contribution in [1.29, 1.82) is 0 Å². The number of hydrogen-bond acceptors (Lipinski definition) is 5. The van der Waals surface area contributed by atoms with E-state index in [9.17, 15) is 47.5 Å². The highest BCUT2D eigenvalue weighted by atomic mass is 79.9. The maximum atomic E-state index is 14.0. The molecular weight excluding hydrogens is 1670 g/mol. The molecule has 5 N–H and O–H groups in total. The maximum Gasteiger partial charge on any atom is 0.137 e. The van der Waals surface area contributed by atoms with Crippen LogP contribution in [-0.2, 0) is 53.7 Å². The van der Waals surface area contributed by atoms with Gasteiger partial charge in [0.15, 0.2) is 0 Å². The first kappa shape index (κ1) is 88.2. The van der Waals surface area contributed by atoms with E-state index < -0.39 is 34.6 Å². The molecule has 10 rings (SSSR count). The van der Waals surface area contributed by atoms with Gasteiger partial charge in [-0.2, -0.15) is 0 Å². The fourth-order valence-corrected chi connectivity index (χ4v) is 14.3. The van der Waals surface area contributed by atoms with Gasteiger partial charge in [-0.15, -0.1) is 0 Å². The molecule has 10 aromatic carbocycles. The first-order chi connectivity index (χ1) is 49.1. The monoisotopic (exact) mass is 1760 g/mol. The summed E-state index contributed by atoms with van der Waals surface area (Å²) in [6, 6.07) is 43.6. The normalized spacial score (nSPS) is 11.7. The van der Waals surface area contributed by atoms with Crippen LogP contribution in [0.2, 0.25) is 0 Å². The Morgan fingerprint density at radius 2 is 0.443 bits per heavy atom. The van der Waals surface area contributed by atoms with Gasteiger partial charge in [-0.25, -0.2) is 22.0 Å². The van der Waals surface area contributed by atoms with Crippen LogP contribution in [0.4, 0.5) is 22.0 Å². The van der Waals surface area contributed by atoms with E-state index in [1.807, 2.05) is 47.6 Å². The molecule has 0 aliphatic carbocycles. The number of aryl methyl sites for hydroxylation is 6. The standard InChI is InChI=1S/3C19H23BrO.C17H16BrF3O.C17H17BrF2O/c3*1-12-6-13(2)8-14(7-12)17-10-16(19(3,4)5)9-15(11-20)18(17)21;1-17(2,3)10-4-9(8-18)16(22)12(5-10)15-13(20)6-11(19)7-14(15)21;1-17(2,3)11-7-10(9-18)16(21)12(8-11)15-13(19)5-4-6-14(15)20/h3*6-10,21H,11H2,1-5H3;4-7,22H,8H2,1-3H3;4-8,21H,9H2,1-3H3. The van der Waals surface area contributed by atoms with E-state index >= 15 is 0 Å². The van der Waals surface area contributed by atoms with Gasteiger partial charge in [0.05, 0.1) is 11.1 Å². The molecule has 0 bridgehead atoms. The van der Waals surface area contributed by atoms with Crippen molar-refractivity contribution in [3.05, 3.63) is 264 Å². The van der Waals surface area contributed by atoms with E-state index in [1.165, 1.54) is 68.3 Å². The molecule has 106 heavy (non-hydrogen) atoms. The zero-order valence-electron chi connectivity index (χ0n) is 64.9. The van der Waals surface area contributed by atoms with Crippen LogP contribution >= 0.6 is 79.6 Å². The minimum atomic E-state index is -1.04. The van der Waals surface area contributed by atoms with Crippen molar-refractivity contribution in [2.24, 2.45) is 0 Å².